The van der Waals surface area contributed by atoms with E-state index >= 15 is 0 Å². The van der Waals surface area contributed by atoms with E-state index in [1.165, 1.54) is 0 Å². The lowest BCUT2D eigenvalue weighted by Crippen LogP contribution is -2.31. The number of nitrogens with one attached hydrogen (secondary N) is 1. The van der Waals surface area contributed by atoms with Gasteiger partial charge in [0.1, 0.15) is 6.17 Å². The normalized spacial score (nSPS) is 20.2. The van der Waals surface area contributed by atoms with Crippen molar-refractivity contribution in [1.29, 1.82) is 0 Å². The number of nitrogens with zero attached hydrogens (tertiary/aromatic N) is 4. The van der Waals surface area contributed by atoms with E-state index in [0.29, 0.717) is 0 Å². The van der Waals surface area contributed by atoms with Gasteiger partial charge in [0.05, 0.1) is 5.70 Å². The Morgan fingerprint density at radius 3 is 2.85 bits per heavy atom. The molecule has 0 saturated carbocycles. The van der Waals surface area contributed by atoms with Crippen LogP contribution in [0.15, 0.2) is 72.5 Å². The van der Waals surface area contributed by atoms with Crippen LogP contribution in [0.3, 0.4) is 0 Å². The zero-order valence-corrected chi connectivity index (χ0v) is 10.7. The number of rotatable bonds is 2. The molecule has 1 N–H and O–H groups in total. The summed E-state index contributed by atoms with van der Waals surface area (Å²) in [7, 11) is 0. The first kappa shape index (κ1) is 11.0. The molecule has 98 valence electrons. The minimum absolute atomic E-state index is 0.00536. The molecule has 4 heterocycles. The fourth-order valence-electron chi connectivity index (χ4n) is 2.48. The van der Waals surface area contributed by atoms with Crippen molar-refractivity contribution >= 4 is 11.5 Å². The quantitative estimate of drug-likeness (QED) is 0.903. The van der Waals surface area contributed by atoms with Crippen molar-refractivity contribution in [2.45, 2.75) is 6.17 Å². The Hall–Kier alpha value is -2.82. The highest BCUT2D eigenvalue weighted by Crippen LogP contribution is 2.29. The summed E-state index contributed by atoms with van der Waals surface area (Å²) in [6.45, 7) is 0. The lowest BCUT2D eigenvalue weighted by molar-refractivity contribution is 0.390. The lowest BCUT2D eigenvalue weighted by Gasteiger charge is -2.26. The van der Waals surface area contributed by atoms with E-state index in [-0.39, 0.29) is 6.17 Å². The van der Waals surface area contributed by atoms with E-state index in [0.717, 1.165) is 17.1 Å². The predicted molar refractivity (Wildman–Crippen MR) is 77.2 cm³/mol. The number of hydrazone groups is 1. The maximum Gasteiger partial charge on any atom is 0.178 e. The van der Waals surface area contributed by atoms with Crippen molar-refractivity contribution in [2.75, 3.05) is 0 Å². The van der Waals surface area contributed by atoms with Gasteiger partial charge in [0.2, 0.25) is 0 Å². The number of fused-ring (bicyclic) bond motifs is 1. The first-order chi connectivity index (χ1) is 9.93. The standard InChI is InChI=1S/C15H13N5/c1-2-9-19(8-1)13-6-4-10-20-14(17-18-15(13)20)12-5-3-7-16-11-12/h1-11,14,17H. The topological polar surface area (TPSA) is 45.4 Å². The fourth-order valence-corrected chi connectivity index (χ4v) is 2.48. The first-order valence-corrected chi connectivity index (χ1v) is 6.47. The lowest BCUT2D eigenvalue weighted by atomic mass is 10.2. The van der Waals surface area contributed by atoms with Crippen molar-refractivity contribution < 1.29 is 0 Å². The summed E-state index contributed by atoms with van der Waals surface area (Å²) in [5.74, 6) is 0.914. The number of hydrogen-bond donors (Lipinski definition) is 1. The molecule has 0 fully saturated rings. The number of hydrogen-bond acceptors (Lipinski definition) is 4. The molecule has 0 spiro atoms. The molecule has 0 saturated heterocycles. The van der Waals surface area contributed by atoms with E-state index in [4.69, 9.17) is 0 Å². The molecule has 1 unspecified atom stereocenters. The molecule has 5 nitrogen and oxygen atoms in total. The minimum Gasteiger partial charge on any atom is -0.321 e. The fraction of sp³-hybridized carbons (Fsp3) is 0.0667. The molecule has 0 aliphatic carbocycles. The largest absolute Gasteiger partial charge is 0.321 e. The predicted octanol–water partition coefficient (Wildman–Crippen LogP) is 2.17. The van der Waals surface area contributed by atoms with Crippen LogP contribution in [-0.2, 0) is 0 Å². The summed E-state index contributed by atoms with van der Waals surface area (Å²) in [5, 5.41) is 4.48. The SMILES string of the molecule is C1=CN2C(=NNC2c2cccnc2)C(n2cccc2)=C1. The third kappa shape index (κ3) is 1.64. The molecule has 2 aliphatic rings. The molecule has 0 amide bonds. The molecule has 4 rings (SSSR count). The molecule has 2 aliphatic heterocycles. The Balaban J connectivity index is 1.69. The molecule has 0 aromatic carbocycles. The summed E-state index contributed by atoms with van der Waals surface area (Å²) in [6, 6.07) is 7.99. The smallest absolute Gasteiger partial charge is 0.178 e. The highest BCUT2D eigenvalue weighted by atomic mass is 15.5. The Bertz CT molecular complexity index is 697. The average Bonchev–Trinajstić information content (AvgIpc) is 3.17. The van der Waals surface area contributed by atoms with Crippen LogP contribution >= 0.6 is 0 Å². The number of aromatic nitrogens is 2. The molecule has 0 bridgehead atoms. The Morgan fingerprint density at radius 2 is 2.05 bits per heavy atom. The molecule has 20 heavy (non-hydrogen) atoms. The van der Waals surface area contributed by atoms with Crippen LogP contribution in [0.5, 0.6) is 0 Å². The van der Waals surface area contributed by atoms with Gasteiger partial charge in [-0.25, -0.2) is 0 Å². The third-order valence-electron chi connectivity index (χ3n) is 3.43. The minimum atomic E-state index is -0.00536. The van der Waals surface area contributed by atoms with Gasteiger partial charge in [0, 0.05) is 36.6 Å². The molecule has 2 aromatic rings. The summed E-state index contributed by atoms with van der Waals surface area (Å²) in [5.41, 5.74) is 5.32. The van der Waals surface area contributed by atoms with Gasteiger partial charge >= 0.3 is 0 Å². The van der Waals surface area contributed by atoms with Gasteiger partial charge < -0.3 is 9.47 Å². The first-order valence-electron chi connectivity index (χ1n) is 6.47. The van der Waals surface area contributed by atoms with Crippen molar-refractivity contribution in [3.63, 3.8) is 0 Å². The van der Waals surface area contributed by atoms with Gasteiger partial charge in [-0.2, -0.15) is 5.10 Å². The van der Waals surface area contributed by atoms with Crippen LogP contribution in [-0.4, -0.2) is 20.3 Å². The second-order valence-corrected chi connectivity index (χ2v) is 4.64. The van der Waals surface area contributed by atoms with Gasteiger partial charge in [-0.1, -0.05) is 6.07 Å². The molecular weight excluding hydrogens is 250 g/mol. The van der Waals surface area contributed by atoms with Crippen LogP contribution in [0.2, 0.25) is 0 Å². The number of pyridine rings is 1. The zero-order chi connectivity index (χ0) is 13.4. The third-order valence-corrected chi connectivity index (χ3v) is 3.43. The van der Waals surface area contributed by atoms with Crippen molar-refractivity contribution in [1.82, 2.24) is 19.9 Å². The second kappa shape index (κ2) is 4.38. The van der Waals surface area contributed by atoms with E-state index in [9.17, 15) is 0 Å². The van der Waals surface area contributed by atoms with Gasteiger partial charge in [-0.3, -0.25) is 10.4 Å². The maximum absolute atomic E-state index is 4.48. The van der Waals surface area contributed by atoms with Crippen LogP contribution in [0, 0.1) is 0 Å². The maximum atomic E-state index is 4.48. The summed E-state index contributed by atoms with van der Waals surface area (Å²) >= 11 is 0. The van der Waals surface area contributed by atoms with Crippen molar-refractivity contribution in [2.24, 2.45) is 5.10 Å². The van der Waals surface area contributed by atoms with Crippen LogP contribution in [0.4, 0.5) is 0 Å². The Kier molecular flexibility index (Phi) is 2.42. The monoisotopic (exact) mass is 263 g/mol. The number of amidine groups is 1. The molecular formula is C15H13N5. The highest BCUT2D eigenvalue weighted by Gasteiger charge is 2.31. The Morgan fingerprint density at radius 1 is 1.15 bits per heavy atom. The van der Waals surface area contributed by atoms with E-state index in [1.807, 2.05) is 55.1 Å². The van der Waals surface area contributed by atoms with E-state index in [1.54, 1.807) is 6.20 Å². The van der Waals surface area contributed by atoms with Gasteiger partial charge in [-0.05, 0) is 30.4 Å². The average molecular weight is 263 g/mol. The summed E-state index contributed by atoms with van der Waals surface area (Å²) in [4.78, 5) is 6.29. The van der Waals surface area contributed by atoms with Gasteiger partial charge in [0.25, 0.3) is 0 Å². The van der Waals surface area contributed by atoms with Crippen molar-refractivity contribution in [3.8, 4) is 0 Å². The van der Waals surface area contributed by atoms with Crippen LogP contribution in [0.25, 0.3) is 5.70 Å². The van der Waals surface area contributed by atoms with Crippen LogP contribution < -0.4 is 5.43 Å². The van der Waals surface area contributed by atoms with Gasteiger partial charge in [-0.15, -0.1) is 0 Å². The molecule has 1 atom stereocenters. The Labute approximate surface area is 116 Å². The zero-order valence-electron chi connectivity index (χ0n) is 10.7. The summed E-state index contributed by atoms with van der Waals surface area (Å²) < 4.78 is 2.06. The van der Waals surface area contributed by atoms with Gasteiger partial charge in [0.15, 0.2) is 5.84 Å². The van der Waals surface area contributed by atoms with Crippen LogP contribution in [0.1, 0.15) is 11.7 Å². The van der Waals surface area contributed by atoms with Crippen molar-refractivity contribution in [3.05, 3.63) is 73.0 Å². The molecule has 0 radical (unpaired) electrons. The number of allylic oxidation sites excluding steroid dienone is 2. The van der Waals surface area contributed by atoms with E-state index in [2.05, 4.69) is 31.1 Å². The molecule has 2 aromatic heterocycles. The second-order valence-electron chi connectivity index (χ2n) is 4.64. The highest BCUT2D eigenvalue weighted by molar-refractivity contribution is 6.19. The van der Waals surface area contributed by atoms with E-state index < -0.39 is 0 Å². The summed E-state index contributed by atoms with van der Waals surface area (Å²) in [6.07, 6.45) is 13.8. The molecule has 5 heteroatoms.